The third kappa shape index (κ3) is 2.93. The number of ether oxygens (including phenoxy) is 1. The summed E-state index contributed by atoms with van der Waals surface area (Å²) in [5.41, 5.74) is 0. The second-order valence-corrected chi connectivity index (χ2v) is 3.37. The van der Waals surface area contributed by atoms with Crippen molar-refractivity contribution in [2.45, 2.75) is 13.5 Å². The molecule has 5 nitrogen and oxygen atoms in total. The third-order valence-corrected chi connectivity index (χ3v) is 1.83. The molecule has 1 aromatic rings. The van der Waals surface area contributed by atoms with Crippen LogP contribution >= 0.6 is 11.3 Å². The Morgan fingerprint density at radius 2 is 2.42 bits per heavy atom. The molecule has 12 heavy (non-hydrogen) atoms. The third-order valence-electron chi connectivity index (χ3n) is 1.02. The van der Waals surface area contributed by atoms with Crippen LogP contribution in [0, 0.1) is 6.92 Å². The molecule has 0 unspecified atom stereocenters. The Morgan fingerprint density at radius 1 is 1.67 bits per heavy atom. The van der Waals surface area contributed by atoms with Gasteiger partial charge in [0.2, 0.25) is 0 Å². The Morgan fingerprint density at radius 3 is 2.92 bits per heavy atom. The molecule has 0 aromatic carbocycles. The number of aromatic nitrogens is 2. The Bertz CT molecular complexity index is 274. The molecular weight excluding hydrogens is 180 g/mol. The zero-order valence-corrected chi connectivity index (χ0v) is 7.30. The topological polar surface area (TPSA) is 72.3 Å². The molecule has 66 valence electrons. The second-order valence-electron chi connectivity index (χ2n) is 2.10. The zero-order chi connectivity index (χ0) is 8.97. The predicted molar refractivity (Wildman–Crippen MR) is 41.9 cm³/mol. The van der Waals surface area contributed by atoms with Crippen LogP contribution in [0.15, 0.2) is 0 Å². The van der Waals surface area contributed by atoms with Gasteiger partial charge in [-0.3, -0.25) is 0 Å². The van der Waals surface area contributed by atoms with Crippen molar-refractivity contribution in [1.82, 2.24) is 10.2 Å². The van der Waals surface area contributed by atoms with Crippen molar-refractivity contribution < 1.29 is 14.6 Å². The van der Waals surface area contributed by atoms with Gasteiger partial charge in [-0.2, -0.15) is 0 Å². The Kier molecular flexibility index (Phi) is 3.12. The molecule has 0 amide bonds. The number of carboxylic acid groups (broad SMARTS) is 1. The highest BCUT2D eigenvalue weighted by Crippen LogP contribution is 2.08. The number of aliphatic carboxylic acids is 1. The fourth-order valence-corrected chi connectivity index (χ4v) is 1.27. The largest absolute Gasteiger partial charge is 0.480 e. The van der Waals surface area contributed by atoms with Crippen LogP contribution in [0.2, 0.25) is 0 Å². The van der Waals surface area contributed by atoms with Crippen molar-refractivity contribution in [2.75, 3.05) is 6.61 Å². The number of aryl methyl sites for hydroxylation is 1. The number of hydrogen-bond acceptors (Lipinski definition) is 5. The first kappa shape index (κ1) is 9.08. The number of carboxylic acids is 1. The highest BCUT2D eigenvalue weighted by atomic mass is 32.1. The van der Waals surface area contributed by atoms with Gasteiger partial charge < -0.3 is 9.84 Å². The van der Waals surface area contributed by atoms with Gasteiger partial charge in [-0.15, -0.1) is 10.2 Å². The van der Waals surface area contributed by atoms with Gasteiger partial charge in [0.15, 0.2) is 0 Å². The molecule has 1 N–H and O–H groups in total. The molecule has 0 atom stereocenters. The molecule has 0 saturated heterocycles. The van der Waals surface area contributed by atoms with Crippen LogP contribution < -0.4 is 0 Å². The second kappa shape index (κ2) is 4.13. The van der Waals surface area contributed by atoms with E-state index in [1.54, 1.807) is 0 Å². The van der Waals surface area contributed by atoms with Gasteiger partial charge in [0.1, 0.15) is 23.2 Å². The zero-order valence-electron chi connectivity index (χ0n) is 6.48. The van der Waals surface area contributed by atoms with Crippen molar-refractivity contribution in [3.8, 4) is 0 Å². The van der Waals surface area contributed by atoms with E-state index in [9.17, 15) is 4.79 Å². The van der Waals surface area contributed by atoms with Crippen molar-refractivity contribution in [3.05, 3.63) is 10.0 Å². The molecule has 0 aliphatic carbocycles. The predicted octanol–water partition coefficient (Wildman–Crippen LogP) is 0.448. The van der Waals surface area contributed by atoms with E-state index in [2.05, 4.69) is 10.2 Å². The maximum absolute atomic E-state index is 10.0. The average Bonchev–Trinajstić information content (AvgIpc) is 2.35. The van der Waals surface area contributed by atoms with Gasteiger partial charge >= 0.3 is 5.97 Å². The standard InChI is InChI=1S/C6H8N2O3S/c1-4-7-8-5(12-4)2-11-3-6(9)10/h2-3H2,1H3,(H,9,10). The fraction of sp³-hybridized carbons (Fsp3) is 0.500. The Balaban J connectivity index is 2.29. The number of carbonyl (C=O) groups is 1. The van der Waals surface area contributed by atoms with E-state index in [4.69, 9.17) is 9.84 Å². The van der Waals surface area contributed by atoms with Gasteiger partial charge in [-0.05, 0) is 6.92 Å². The van der Waals surface area contributed by atoms with Gasteiger partial charge in [-0.25, -0.2) is 4.79 Å². The van der Waals surface area contributed by atoms with Crippen LogP contribution in [0.25, 0.3) is 0 Å². The minimum Gasteiger partial charge on any atom is -0.480 e. The normalized spacial score (nSPS) is 10.1. The van der Waals surface area contributed by atoms with Crippen LogP contribution in [0.5, 0.6) is 0 Å². The first-order valence-electron chi connectivity index (χ1n) is 3.27. The SMILES string of the molecule is Cc1nnc(COCC(=O)O)s1. The van der Waals surface area contributed by atoms with Crippen molar-refractivity contribution in [2.24, 2.45) is 0 Å². The lowest BCUT2D eigenvalue weighted by Gasteiger charge is -1.94. The van der Waals surface area contributed by atoms with Crippen molar-refractivity contribution in [3.63, 3.8) is 0 Å². The van der Waals surface area contributed by atoms with E-state index in [1.807, 2.05) is 6.92 Å². The summed E-state index contributed by atoms with van der Waals surface area (Å²) < 4.78 is 4.80. The molecule has 0 aliphatic heterocycles. The average molecular weight is 188 g/mol. The van der Waals surface area contributed by atoms with Gasteiger partial charge in [-0.1, -0.05) is 11.3 Å². The van der Waals surface area contributed by atoms with E-state index < -0.39 is 5.97 Å². The highest BCUT2D eigenvalue weighted by molar-refractivity contribution is 7.11. The van der Waals surface area contributed by atoms with Crippen LogP contribution in [0.1, 0.15) is 10.0 Å². The summed E-state index contributed by atoms with van der Waals surface area (Å²) in [5, 5.41) is 17.3. The molecule has 6 heteroatoms. The Hall–Kier alpha value is -1.01. The van der Waals surface area contributed by atoms with Crippen LogP contribution in [0.4, 0.5) is 0 Å². The first-order chi connectivity index (χ1) is 5.68. The number of nitrogens with zero attached hydrogens (tertiary/aromatic N) is 2. The van der Waals surface area contributed by atoms with Crippen molar-refractivity contribution >= 4 is 17.3 Å². The summed E-state index contributed by atoms with van der Waals surface area (Å²) in [5.74, 6) is -0.976. The van der Waals surface area contributed by atoms with Crippen LogP contribution in [0.3, 0.4) is 0 Å². The van der Waals surface area contributed by atoms with E-state index in [0.717, 1.165) is 5.01 Å². The number of hydrogen-bond donors (Lipinski definition) is 1. The summed E-state index contributed by atoms with van der Waals surface area (Å²) in [6.45, 7) is 1.76. The maximum atomic E-state index is 10.0. The first-order valence-corrected chi connectivity index (χ1v) is 4.08. The van der Waals surface area contributed by atoms with E-state index in [1.165, 1.54) is 11.3 Å². The van der Waals surface area contributed by atoms with E-state index >= 15 is 0 Å². The summed E-state index contributed by atoms with van der Waals surface area (Å²) in [7, 11) is 0. The minimum atomic E-state index is -0.976. The Labute approximate surface area is 73.0 Å². The molecule has 0 radical (unpaired) electrons. The lowest BCUT2D eigenvalue weighted by atomic mass is 10.7. The molecule has 0 saturated carbocycles. The highest BCUT2D eigenvalue weighted by Gasteiger charge is 2.01. The molecule has 0 bridgehead atoms. The summed E-state index contributed by atoms with van der Waals surface area (Å²) in [6, 6.07) is 0. The molecular formula is C6H8N2O3S. The molecule has 0 fully saturated rings. The van der Waals surface area contributed by atoms with Gasteiger partial charge in [0, 0.05) is 0 Å². The van der Waals surface area contributed by atoms with Crippen molar-refractivity contribution in [1.29, 1.82) is 0 Å². The molecule has 1 aromatic heterocycles. The molecule has 1 rings (SSSR count). The lowest BCUT2D eigenvalue weighted by Crippen LogP contribution is -2.06. The molecule has 1 heterocycles. The van der Waals surface area contributed by atoms with Crippen LogP contribution in [-0.4, -0.2) is 27.9 Å². The van der Waals surface area contributed by atoms with Gasteiger partial charge in [0.05, 0.1) is 0 Å². The smallest absolute Gasteiger partial charge is 0.329 e. The maximum Gasteiger partial charge on any atom is 0.329 e. The summed E-state index contributed by atoms with van der Waals surface area (Å²) in [4.78, 5) is 10.0. The molecule has 0 spiro atoms. The lowest BCUT2D eigenvalue weighted by molar-refractivity contribution is -0.142. The fourth-order valence-electron chi connectivity index (χ4n) is 0.621. The number of rotatable bonds is 4. The van der Waals surface area contributed by atoms with Gasteiger partial charge in [0.25, 0.3) is 0 Å². The molecule has 0 aliphatic rings. The summed E-state index contributed by atoms with van der Waals surface area (Å²) >= 11 is 1.40. The summed E-state index contributed by atoms with van der Waals surface area (Å²) in [6.07, 6.45) is 0. The quantitative estimate of drug-likeness (QED) is 0.742. The monoisotopic (exact) mass is 188 g/mol. The van der Waals surface area contributed by atoms with E-state index in [0.29, 0.717) is 5.01 Å². The minimum absolute atomic E-state index is 0.220. The van der Waals surface area contributed by atoms with E-state index in [-0.39, 0.29) is 13.2 Å². The van der Waals surface area contributed by atoms with Crippen LogP contribution in [-0.2, 0) is 16.1 Å².